The van der Waals surface area contributed by atoms with Gasteiger partial charge in [0.05, 0.1) is 11.8 Å². The van der Waals surface area contributed by atoms with E-state index in [1.807, 2.05) is 40.1 Å². The van der Waals surface area contributed by atoms with E-state index in [1.165, 1.54) is 0 Å². The minimum absolute atomic E-state index is 0.00346. The van der Waals surface area contributed by atoms with E-state index in [9.17, 15) is 9.59 Å². The minimum atomic E-state index is -0.125. The van der Waals surface area contributed by atoms with Gasteiger partial charge >= 0.3 is 0 Å². The molecular formula is C19H20N2O3. The largest absolute Gasteiger partial charge is 0.469 e. The predicted molar refractivity (Wildman–Crippen MR) is 89.8 cm³/mol. The number of nitrogens with zero attached hydrogens (tertiary/aromatic N) is 2. The van der Waals surface area contributed by atoms with Crippen molar-refractivity contribution < 1.29 is 14.0 Å². The van der Waals surface area contributed by atoms with Crippen molar-refractivity contribution in [2.24, 2.45) is 5.41 Å². The van der Waals surface area contributed by atoms with Crippen LogP contribution in [0, 0.1) is 12.3 Å². The van der Waals surface area contributed by atoms with Crippen molar-refractivity contribution in [1.82, 2.24) is 4.90 Å². The Balaban J connectivity index is 1.51. The van der Waals surface area contributed by atoms with E-state index in [0.29, 0.717) is 37.4 Å². The van der Waals surface area contributed by atoms with Gasteiger partial charge in [0, 0.05) is 37.2 Å². The Kier molecular flexibility index (Phi) is 3.44. The van der Waals surface area contributed by atoms with E-state index in [4.69, 9.17) is 4.42 Å². The summed E-state index contributed by atoms with van der Waals surface area (Å²) in [5, 5.41) is 0. The maximum absolute atomic E-state index is 12.7. The summed E-state index contributed by atoms with van der Waals surface area (Å²) in [6, 6.07) is 11.5. The van der Waals surface area contributed by atoms with Gasteiger partial charge < -0.3 is 14.2 Å². The molecule has 1 atom stereocenters. The molecule has 0 radical (unpaired) electrons. The second-order valence-corrected chi connectivity index (χ2v) is 6.86. The van der Waals surface area contributed by atoms with Gasteiger partial charge in [-0.2, -0.15) is 0 Å². The van der Waals surface area contributed by atoms with Gasteiger partial charge in [0.1, 0.15) is 5.76 Å². The third-order valence-electron chi connectivity index (χ3n) is 5.20. The summed E-state index contributed by atoms with van der Waals surface area (Å²) in [5.74, 6) is 0.799. The van der Waals surface area contributed by atoms with Crippen LogP contribution < -0.4 is 4.90 Å². The first kappa shape index (κ1) is 15.0. The summed E-state index contributed by atoms with van der Waals surface area (Å²) < 4.78 is 5.24. The first-order chi connectivity index (χ1) is 11.6. The monoisotopic (exact) mass is 324 g/mol. The SMILES string of the molecule is Cc1occc1C(=O)N1CCC2(CC(=O)N(c3ccccc3)C2)C1. The van der Waals surface area contributed by atoms with E-state index < -0.39 is 0 Å². The van der Waals surface area contributed by atoms with Crippen molar-refractivity contribution in [3.63, 3.8) is 0 Å². The quantitative estimate of drug-likeness (QED) is 0.853. The van der Waals surface area contributed by atoms with Crippen LogP contribution in [0.5, 0.6) is 0 Å². The lowest BCUT2D eigenvalue weighted by atomic mass is 9.86. The number of likely N-dealkylation sites (tertiary alicyclic amines) is 1. The van der Waals surface area contributed by atoms with E-state index in [-0.39, 0.29) is 17.2 Å². The molecule has 0 saturated carbocycles. The highest BCUT2D eigenvalue weighted by atomic mass is 16.3. The standard InChI is InChI=1S/C19H20N2O3/c1-14-16(7-10-24-14)18(23)20-9-8-19(12-20)11-17(22)21(13-19)15-5-3-2-4-6-15/h2-7,10H,8-9,11-13H2,1H3. The van der Waals surface area contributed by atoms with E-state index >= 15 is 0 Å². The lowest BCUT2D eigenvalue weighted by molar-refractivity contribution is -0.117. The zero-order valence-electron chi connectivity index (χ0n) is 13.7. The van der Waals surface area contributed by atoms with Crippen LogP contribution in [0.15, 0.2) is 47.1 Å². The van der Waals surface area contributed by atoms with Gasteiger partial charge in [-0.25, -0.2) is 0 Å². The summed E-state index contributed by atoms with van der Waals surface area (Å²) in [7, 11) is 0. The molecule has 4 rings (SSSR count). The number of amides is 2. The van der Waals surface area contributed by atoms with Crippen LogP contribution in [-0.2, 0) is 4.79 Å². The molecule has 2 aromatic rings. The Morgan fingerprint density at radius 3 is 2.67 bits per heavy atom. The third kappa shape index (κ3) is 2.40. The number of hydrogen-bond donors (Lipinski definition) is 0. The summed E-state index contributed by atoms with van der Waals surface area (Å²) >= 11 is 0. The van der Waals surface area contributed by atoms with Gasteiger partial charge in [0.25, 0.3) is 5.91 Å². The van der Waals surface area contributed by atoms with Crippen LogP contribution in [0.2, 0.25) is 0 Å². The average molecular weight is 324 g/mol. The van der Waals surface area contributed by atoms with Crippen molar-refractivity contribution in [3.05, 3.63) is 54.0 Å². The van der Waals surface area contributed by atoms with Crippen LogP contribution in [-0.4, -0.2) is 36.3 Å². The molecular weight excluding hydrogens is 304 g/mol. The maximum Gasteiger partial charge on any atom is 0.257 e. The zero-order chi connectivity index (χ0) is 16.7. The van der Waals surface area contributed by atoms with Crippen molar-refractivity contribution in [2.75, 3.05) is 24.5 Å². The van der Waals surface area contributed by atoms with Crippen LogP contribution >= 0.6 is 0 Å². The van der Waals surface area contributed by atoms with Crippen LogP contribution in [0.25, 0.3) is 0 Å². The number of para-hydroxylation sites is 1. The maximum atomic E-state index is 12.7. The molecule has 124 valence electrons. The minimum Gasteiger partial charge on any atom is -0.469 e. The topological polar surface area (TPSA) is 53.8 Å². The molecule has 1 aromatic carbocycles. The van der Waals surface area contributed by atoms with Crippen molar-refractivity contribution in [1.29, 1.82) is 0 Å². The molecule has 2 amide bonds. The number of carbonyl (C=O) groups excluding carboxylic acids is 2. The smallest absolute Gasteiger partial charge is 0.257 e. The summed E-state index contributed by atoms with van der Waals surface area (Å²) in [6.45, 7) is 3.81. The summed E-state index contributed by atoms with van der Waals surface area (Å²) in [5.41, 5.74) is 1.44. The first-order valence-electron chi connectivity index (χ1n) is 8.27. The number of aryl methyl sites for hydroxylation is 1. The van der Waals surface area contributed by atoms with Crippen molar-refractivity contribution >= 4 is 17.5 Å². The molecule has 0 aliphatic carbocycles. The molecule has 1 aromatic heterocycles. The molecule has 0 N–H and O–H groups in total. The molecule has 2 fully saturated rings. The van der Waals surface area contributed by atoms with E-state index in [0.717, 1.165) is 12.1 Å². The molecule has 0 bridgehead atoms. The Hall–Kier alpha value is -2.56. The molecule has 2 aliphatic heterocycles. The number of rotatable bonds is 2. The number of furan rings is 1. The van der Waals surface area contributed by atoms with Crippen LogP contribution in [0.4, 0.5) is 5.69 Å². The molecule has 1 spiro atoms. The van der Waals surface area contributed by atoms with Crippen LogP contribution in [0.3, 0.4) is 0 Å². The lowest BCUT2D eigenvalue weighted by Gasteiger charge is -2.24. The molecule has 5 heteroatoms. The molecule has 3 heterocycles. The summed E-state index contributed by atoms with van der Waals surface area (Å²) in [6.07, 6.45) is 2.92. The molecule has 1 unspecified atom stereocenters. The zero-order valence-corrected chi connectivity index (χ0v) is 13.7. The van der Waals surface area contributed by atoms with Crippen molar-refractivity contribution in [2.45, 2.75) is 19.8 Å². The second-order valence-electron chi connectivity index (χ2n) is 6.86. The number of benzene rings is 1. The number of hydrogen-bond acceptors (Lipinski definition) is 3. The molecule has 5 nitrogen and oxygen atoms in total. The van der Waals surface area contributed by atoms with Crippen LogP contribution in [0.1, 0.15) is 29.0 Å². The Morgan fingerprint density at radius 2 is 1.96 bits per heavy atom. The second kappa shape index (κ2) is 5.51. The van der Waals surface area contributed by atoms with Crippen molar-refractivity contribution in [3.8, 4) is 0 Å². The highest BCUT2D eigenvalue weighted by Gasteiger charge is 2.49. The highest BCUT2D eigenvalue weighted by molar-refractivity contribution is 5.97. The summed E-state index contributed by atoms with van der Waals surface area (Å²) in [4.78, 5) is 28.9. The van der Waals surface area contributed by atoms with Gasteiger partial charge in [-0.3, -0.25) is 9.59 Å². The third-order valence-corrected chi connectivity index (χ3v) is 5.20. The van der Waals surface area contributed by atoms with Gasteiger partial charge in [-0.05, 0) is 31.5 Å². The van der Waals surface area contributed by atoms with E-state index in [1.54, 1.807) is 19.3 Å². The number of anilines is 1. The Bertz CT molecular complexity index is 783. The van der Waals surface area contributed by atoms with Gasteiger partial charge in [-0.15, -0.1) is 0 Å². The average Bonchev–Trinajstić information content (AvgIpc) is 3.28. The fourth-order valence-electron chi connectivity index (χ4n) is 3.90. The molecule has 24 heavy (non-hydrogen) atoms. The fourth-order valence-corrected chi connectivity index (χ4v) is 3.90. The number of carbonyl (C=O) groups is 2. The Labute approximate surface area is 140 Å². The highest BCUT2D eigenvalue weighted by Crippen LogP contribution is 2.42. The van der Waals surface area contributed by atoms with Gasteiger partial charge in [0.2, 0.25) is 5.91 Å². The normalized spacial score (nSPS) is 23.5. The first-order valence-corrected chi connectivity index (χ1v) is 8.27. The van der Waals surface area contributed by atoms with E-state index in [2.05, 4.69) is 0 Å². The predicted octanol–water partition coefficient (Wildman–Crippen LogP) is 2.86. The molecule has 2 saturated heterocycles. The molecule has 2 aliphatic rings. The lowest BCUT2D eigenvalue weighted by Crippen LogP contribution is -2.34. The van der Waals surface area contributed by atoms with Gasteiger partial charge in [0.15, 0.2) is 0 Å². The Morgan fingerprint density at radius 1 is 1.17 bits per heavy atom. The fraction of sp³-hybridized carbons (Fsp3) is 0.368. The van der Waals surface area contributed by atoms with Gasteiger partial charge in [-0.1, -0.05) is 18.2 Å².